The predicted octanol–water partition coefficient (Wildman–Crippen LogP) is 2.45. The van der Waals surface area contributed by atoms with E-state index in [1.165, 1.54) is 12.4 Å². The van der Waals surface area contributed by atoms with E-state index in [9.17, 15) is 8.78 Å². The van der Waals surface area contributed by atoms with Crippen molar-refractivity contribution in [3.63, 3.8) is 0 Å². The fourth-order valence-corrected chi connectivity index (χ4v) is 2.00. The van der Waals surface area contributed by atoms with Crippen LogP contribution in [0.25, 0.3) is 0 Å². The Morgan fingerprint density at radius 2 is 2.00 bits per heavy atom. The number of nitrogens with two attached hydrogens (primary N) is 1. The van der Waals surface area contributed by atoms with E-state index in [0.717, 1.165) is 24.5 Å². The number of hydrogen-bond donors (Lipinski definition) is 1. The summed E-state index contributed by atoms with van der Waals surface area (Å²) in [5.74, 6) is -0.573. The molecule has 0 amide bonds. The topological polar surface area (TPSA) is 56.7 Å². The molecule has 4 nitrogen and oxygen atoms in total. The van der Waals surface area contributed by atoms with Gasteiger partial charge in [-0.25, -0.2) is 18.4 Å². The average Bonchev–Trinajstić information content (AvgIpc) is 2.79. The van der Waals surface area contributed by atoms with Crippen LogP contribution in [0.1, 0.15) is 31.3 Å². The molecule has 20 heavy (non-hydrogen) atoms. The Hall–Kier alpha value is -1.82. The largest absolute Gasteiger partial charge is 0.324 e. The van der Waals surface area contributed by atoms with Crippen molar-refractivity contribution in [3.8, 4) is 0 Å². The van der Waals surface area contributed by atoms with Gasteiger partial charge in [0.25, 0.3) is 0 Å². The summed E-state index contributed by atoms with van der Waals surface area (Å²) in [6.07, 6.45) is 1.91. The predicted molar refractivity (Wildman–Crippen MR) is 71.9 cm³/mol. The molecule has 0 aliphatic carbocycles. The van der Waals surface area contributed by atoms with E-state index < -0.39 is 17.7 Å². The molecule has 0 bridgehead atoms. The van der Waals surface area contributed by atoms with Crippen LogP contribution in [0, 0.1) is 17.6 Å². The van der Waals surface area contributed by atoms with E-state index in [2.05, 4.69) is 23.9 Å². The number of benzene rings is 1. The Morgan fingerprint density at radius 3 is 2.65 bits per heavy atom. The molecule has 6 heteroatoms. The van der Waals surface area contributed by atoms with Gasteiger partial charge in [0.2, 0.25) is 0 Å². The highest BCUT2D eigenvalue weighted by molar-refractivity contribution is 5.21. The molecule has 108 valence electrons. The smallest absolute Gasteiger partial charge is 0.159 e. The van der Waals surface area contributed by atoms with Crippen LogP contribution in [0.2, 0.25) is 0 Å². The quantitative estimate of drug-likeness (QED) is 0.915. The highest BCUT2D eigenvalue weighted by Gasteiger charge is 2.14. The van der Waals surface area contributed by atoms with E-state index in [1.807, 2.05) is 0 Å². The minimum atomic E-state index is -0.887. The molecule has 0 fully saturated rings. The lowest BCUT2D eigenvalue weighted by Crippen LogP contribution is -2.18. The van der Waals surface area contributed by atoms with Gasteiger partial charge in [-0.3, -0.25) is 0 Å². The Balaban J connectivity index is 2.13. The summed E-state index contributed by atoms with van der Waals surface area (Å²) in [5.41, 5.74) is 6.58. The highest BCUT2D eigenvalue weighted by atomic mass is 19.2. The van der Waals surface area contributed by atoms with Crippen LogP contribution in [0.4, 0.5) is 8.78 Å². The molecule has 1 unspecified atom stereocenters. The molecule has 0 radical (unpaired) electrons. The van der Waals surface area contributed by atoms with Crippen LogP contribution >= 0.6 is 0 Å². The van der Waals surface area contributed by atoms with Gasteiger partial charge in [0.05, 0.1) is 0 Å². The van der Waals surface area contributed by atoms with Crippen molar-refractivity contribution in [2.75, 3.05) is 0 Å². The summed E-state index contributed by atoms with van der Waals surface area (Å²) >= 11 is 0. The van der Waals surface area contributed by atoms with Crippen LogP contribution in [0.15, 0.2) is 24.5 Å². The van der Waals surface area contributed by atoms with Crippen molar-refractivity contribution in [3.05, 3.63) is 47.5 Å². The summed E-state index contributed by atoms with van der Waals surface area (Å²) < 4.78 is 27.9. The first kappa shape index (κ1) is 14.6. The van der Waals surface area contributed by atoms with Gasteiger partial charge < -0.3 is 5.73 Å². The second-order valence-corrected chi connectivity index (χ2v) is 5.24. The number of aromatic nitrogens is 3. The highest BCUT2D eigenvalue weighted by Crippen LogP contribution is 2.18. The molecule has 2 aromatic rings. The van der Waals surface area contributed by atoms with Gasteiger partial charge in [0.15, 0.2) is 11.6 Å². The lowest BCUT2D eigenvalue weighted by Gasteiger charge is -2.14. The summed E-state index contributed by atoms with van der Waals surface area (Å²) in [5, 5.41) is 4.15. The van der Waals surface area contributed by atoms with E-state index in [1.54, 1.807) is 4.68 Å². The maximum atomic E-state index is 13.2. The zero-order valence-corrected chi connectivity index (χ0v) is 11.6. The van der Waals surface area contributed by atoms with Gasteiger partial charge in [0.1, 0.15) is 12.2 Å². The van der Waals surface area contributed by atoms with Crippen LogP contribution in [-0.2, 0) is 13.0 Å². The van der Waals surface area contributed by atoms with Crippen molar-refractivity contribution < 1.29 is 8.78 Å². The number of rotatable bonds is 5. The molecule has 0 aliphatic rings. The number of nitrogens with zero attached hydrogens (tertiary/aromatic N) is 3. The maximum absolute atomic E-state index is 13.2. The Bertz CT molecular complexity index is 580. The lowest BCUT2D eigenvalue weighted by atomic mass is 10.0. The van der Waals surface area contributed by atoms with Crippen molar-refractivity contribution >= 4 is 0 Å². The third-order valence-electron chi connectivity index (χ3n) is 3.01. The molecule has 0 saturated heterocycles. The third kappa shape index (κ3) is 3.39. The van der Waals surface area contributed by atoms with Gasteiger partial charge in [-0.2, -0.15) is 5.10 Å². The number of hydrogen-bond acceptors (Lipinski definition) is 3. The van der Waals surface area contributed by atoms with Gasteiger partial charge >= 0.3 is 0 Å². The van der Waals surface area contributed by atoms with Gasteiger partial charge in [-0.15, -0.1) is 0 Å². The molecule has 0 aliphatic heterocycles. The fourth-order valence-electron chi connectivity index (χ4n) is 2.00. The van der Waals surface area contributed by atoms with Crippen LogP contribution in [-0.4, -0.2) is 14.8 Å². The standard InChI is InChI=1S/C14H18F2N4/c1-9(2)7-20-14(18-8-19-20)6-13(17)10-3-4-11(15)12(16)5-10/h3-5,8-9,13H,6-7,17H2,1-2H3. The average molecular weight is 280 g/mol. The van der Waals surface area contributed by atoms with Gasteiger partial charge in [0, 0.05) is 19.0 Å². The van der Waals surface area contributed by atoms with Crippen LogP contribution in [0.5, 0.6) is 0 Å². The molecule has 0 spiro atoms. The first-order valence-electron chi connectivity index (χ1n) is 6.54. The fraction of sp³-hybridized carbons (Fsp3) is 0.429. The molecule has 1 atom stereocenters. The zero-order chi connectivity index (χ0) is 14.7. The van der Waals surface area contributed by atoms with E-state index in [4.69, 9.17) is 5.73 Å². The van der Waals surface area contributed by atoms with Gasteiger partial charge in [-0.1, -0.05) is 19.9 Å². The summed E-state index contributed by atoms with van der Waals surface area (Å²) in [4.78, 5) is 4.18. The monoisotopic (exact) mass is 280 g/mol. The van der Waals surface area contributed by atoms with Crippen LogP contribution in [0.3, 0.4) is 0 Å². The maximum Gasteiger partial charge on any atom is 0.159 e. The molecular weight excluding hydrogens is 262 g/mol. The minimum Gasteiger partial charge on any atom is -0.324 e. The van der Waals surface area contributed by atoms with E-state index >= 15 is 0 Å². The summed E-state index contributed by atoms with van der Waals surface area (Å²) in [6, 6.07) is 3.26. The van der Waals surface area contributed by atoms with Crippen molar-refractivity contribution in [2.24, 2.45) is 11.7 Å². The second-order valence-electron chi connectivity index (χ2n) is 5.24. The molecule has 2 rings (SSSR count). The molecule has 0 saturated carbocycles. The first-order valence-corrected chi connectivity index (χ1v) is 6.54. The summed E-state index contributed by atoms with van der Waals surface area (Å²) in [6.45, 7) is 4.92. The summed E-state index contributed by atoms with van der Waals surface area (Å²) in [7, 11) is 0. The third-order valence-corrected chi connectivity index (χ3v) is 3.01. The second kappa shape index (κ2) is 6.09. The van der Waals surface area contributed by atoms with Crippen molar-refractivity contribution in [1.82, 2.24) is 14.8 Å². The molecule has 1 aromatic heterocycles. The van der Waals surface area contributed by atoms with E-state index in [0.29, 0.717) is 17.9 Å². The SMILES string of the molecule is CC(C)Cn1ncnc1CC(N)c1ccc(F)c(F)c1. The van der Waals surface area contributed by atoms with Crippen molar-refractivity contribution in [1.29, 1.82) is 0 Å². The number of halogens is 2. The Labute approximate surface area is 116 Å². The van der Waals surface area contributed by atoms with Crippen LogP contribution < -0.4 is 5.73 Å². The minimum absolute atomic E-state index is 0.428. The Kier molecular flexibility index (Phi) is 4.44. The molecule has 1 aromatic carbocycles. The normalized spacial score (nSPS) is 12.9. The first-order chi connectivity index (χ1) is 9.47. The Morgan fingerprint density at radius 1 is 1.25 bits per heavy atom. The molecule has 1 heterocycles. The van der Waals surface area contributed by atoms with Gasteiger partial charge in [-0.05, 0) is 23.6 Å². The molecule has 2 N–H and O–H groups in total. The molecular formula is C14H18F2N4. The van der Waals surface area contributed by atoms with E-state index in [-0.39, 0.29) is 0 Å². The van der Waals surface area contributed by atoms with Crippen molar-refractivity contribution in [2.45, 2.75) is 32.9 Å². The lowest BCUT2D eigenvalue weighted by molar-refractivity contribution is 0.458. The zero-order valence-electron chi connectivity index (χ0n) is 11.6.